The van der Waals surface area contributed by atoms with E-state index in [1.54, 1.807) is 17.0 Å². The Labute approximate surface area is 153 Å². The van der Waals surface area contributed by atoms with Gasteiger partial charge in [0.25, 0.3) is 5.91 Å². The zero-order chi connectivity index (χ0) is 17.5. The third-order valence-corrected chi connectivity index (χ3v) is 10.2. The molecule has 2 saturated heterocycles. The first kappa shape index (κ1) is 18.3. The van der Waals surface area contributed by atoms with Gasteiger partial charge in [0, 0.05) is 26.2 Å². The molecule has 0 radical (unpaired) electrons. The standard InChI is InChI=1S/C13H17BrN2O5S3/c14-12-2-1-11(22-12)13(17)15-4-6-16(7-5-15)24(20,21)10-3-8-23(18,19)9-10/h1-2,10H,3-9H2. The normalized spacial score (nSPS) is 25.0. The highest BCUT2D eigenvalue weighted by Gasteiger charge is 2.41. The highest BCUT2D eigenvalue weighted by Crippen LogP contribution is 2.25. The smallest absolute Gasteiger partial charge is 0.264 e. The molecule has 0 saturated carbocycles. The highest BCUT2D eigenvalue weighted by atomic mass is 79.9. The van der Waals surface area contributed by atoms with Gasteiger partial charge in [-0.3, -0.25) is 4.79 Å². The van der Waals surface area contributed by atoms with Gasteiger partial charge >= 0.3 is 0 Å². The van der Waals surface area contributed by atoms with Crippen LogP contribution in [0.15, 0.2) is 15.9 Å². The van der Waals surface area contributed by atoms with Crippen molar-refractivity contribution in [1.29, 1.82) is 0 Å². The van der Waals surface area contributed by atoms with Crippen LogP contribution in [0.2, 0.25) is 0 Å². The van der Waals surface area contributed by atoms with Crippen molar-refractivity contribution >= 4 is 53.0 Å². The summed E-state index contributed by atoms with van der Waals surface area (Å²) in [6, 6.07) is 3.54. The topological polar surface area (TPSA) is 91.8 Å². The van der Waals surface area contributed by atoms with Crippen molar-refractivity contribution in [2.45, 2.75) is 11.7 Å². The molecule has 7 nitrogen and oxygen atoms in total. The Morgan fingerprint density at radius 2 is 1.88 bits per heavy atom. The summed E-state index contributed by atoms with van der Waals surface area (Å²) >= 11 is 4.66. The number of nitrogens with zero attached hydrogens (tertiary/aromatic N) is 2. The van der Waals surface area contributed by atoms with E-state index < -0.39 is 25.1 Å². The number of amides is 1. The number of rotatable bonds is 3. The van der Waals surface area contributed by atoms with Gasteiger partial charge in [-0.25, -0.2) is 16.8 Å². The summed E-state index contributed by atoms with van der Waals surface area (Å²) in [5.74, 6) is -0.466. The second kappa shape index (κ2) is 6.67. The van der Waals surface area contributed by atoms with Crippen LogP contribution in [-0.2, 0) is 19.9 Å². The fraction of sp³-hybridized carbons (Fsp3) is 0.615. The lowest BCUT2D eigenvalue weighted by molar-refractivity contribution is 0.0702. The van der Waals surface area contributed by atoms with E-state index in [0.717, 1.165) is 3.79 Å². The molecule has 2 fully saturated rings. The predicted molar refractivity (Wildman–Crippen MR) is 95.5 cm³/mol. The van der Waals surface area contributed by atoms with Crippen LogP contribution in [-0.4, -0.2) is 74.9 Å². The van der Waals surface area contributed by atoms with E-state index >= 15 is 0 Å². The molecule has 11 heteroatoms. The number of hydrogen-bond donors (Lipinski definition) is 0. The van der Waals surface area contributed by atoms with E-state index in [4.69, 9.17) is 0 Å². The highest BCUT2D eigenvalue weighted by molar-refractivity contribution is 9.11. The van der Waals surface area contributed by atoms with Gasteiger partial charge in [0.15, 0.2) is 9.84 Å². The third-order valence-electron chi connectivity index (χ3n) is 4.28. The molecule has 0 spiro atoms. The van der Waals surface area contributed by atoms with E-state index in [1.165, 1.54) is 15.6 Å². The van der Waals surface area contributed by atoms with Crippen molar-refractivity contribution in [3.05, 3.63) is 20.8 Å². The maximum absolute atomic E-state index is 12.6. The molecule has 0 aromatic carbocycles. The molecule has 0 aliphatic carbocycles. The average molecular weight is 457 g/mol. The van der Waals surface area contributed by atoms with Crippen molar-refractivity contribution in [3.63, 3.8) is 0 Å². The van der Waals surface area contributed by atoms with Gasteiger partial charge in [-0.05, 0) is 34.5 Å². The lowest BCUT2D eigenvalue weighted by atomic mass is 10.3. The van der Waals surface area contributed by atoms with Crippen molar-refractivity contribution in [1.82, 2.24) is 9.21 Å². The molecule has 24 heavy (non-hydrogen) atoms. The quantitative estimate of drug-likeness (QED) is 0.669. The van der Waals surface area contributed by atoms with E-state index in [2.05, 4.69) is 15.9 Å². The lowest BCUT2D eigenvalue weighted by Gasteiger charge is -2.35. The summed E-state index contributed by atoms with van der Waals surface area (Å²) in [5, 5.41) is -0.849. The zero-order valence-electron chi connectivity index (χ0n) is 12.7. The van der Waals surface area contributed by atoms with Gasteiger partial charge < -0.3 is 4.90 Å². The van der Waals surface area contributed by atoms with Gasteiger partial charge in [0.1, 0.15) is 0 Å². The molecule has 1 aromatic heterocycles. The second-order valence-electron chi connectivity index (χ2n) is 5.86. The van der Waals surface area contributed by atoms with Crippen LogP contribution in [0.5, 0.6) is 0 Å². The first-order valence-corrected chi connectivity index (χ1v) is 12.4. The Bertz CT molecular complexity index is 841. The first-order chi connectivity index (χ1) is 11.2. The van der Waals surface area contributed by atoms with Crippen molar-refractivity contribution < 1.29 is 21.6 Å². The molecule has 2 aliphatic rings. The minimum Gasteiger partial charge on any atom is -0.335 e. The molecule has 1 atom stereocenters. The maximum atomic E-state index is 12.6. The number of halogens is 1. The van der Waals surface area contributed by atoms with Gasteiger partial charge in [0.2, 0.25) is 10.0 Å². The fourth-order valence-corrected chi connectivity index (χ4v) is 8.80. The molecule has 3 heterocycles. The number of carbonyl (C=O) groups is 1. The van der Waals surface area contributed by atoms with Gasteiger partial charge in [0.05, 0.1) is 25.4 Å². The largest absolute Gasteiger partial charge is 0.335 e. The molecule has 1 amide bonds. The molecular formula is C13H17BrN2O5S3. The van der Waals surface area contributed by atoms with Crippen molar-refractivity contribution in [2.75, 3.05) is 37.7 Å². The van der Waals surface area contributed by atoms with Crippen LogP contribution in [0, 0.1) is 0 Å². The summed E-state index contributed by atoms with van der Waals surface area (Å²) < 4.78 is 50.4. The molecular weight excluding hydrogens is 440 g/mol. The minimum absolute atomic E-state index is 0.0669. The summed E-state index contributed by atoms with van der Waals surface area (Å²) in [7, 11) is -6.88. The number of sulfone groups is 1. The number of carbonyl (C=O) groups excluding carboxylic acids is 1. The van der Waals surface area contributed by atoms with Gasteiger partial charge in [-0.15, -0.1) is 11.3 Å². The molecule has 0 N–H and O–H groups in total. The van der Waals surface area contributed by atoms with E-state index in [-0.39, 0.29) is 36.9 Å². The molecule has 1 unspecified atom stereocenters. The Morgan fingerprint density at radius 1 is 1.21 bits per heavy atom. The molecule has 1 aromatic rings. The van der Waals surface area contributed by atoms with Crippen LogP contribution in [0.4, 0.5) is 0 Å². The summed E-state index contributed by atoms with van der Waals surface area (Å²) in [6.07, 6.45) is 0.160. The summed E-state index contributed by atoms with van der Waals surface area (Å²) in [6.45, 7) is 1.04. The first-order valence-electron chi connectivity index (χ1n) is 7.43. The van der Waals surface area contributed by atoms with E-state index in [0.29, 0.717) is 18.0 Å². The number of sulfonamides is 1. The van der Waals surface area contributed by atoms with E-state index in [9.17, 15) is 21.6 Å². The summed E-state index contributed by atoms with van der Waals surface area (Å²) in [4.78, 5) is 14.6. The van der Waals surface area contributed by atoms with Crippen LogP contribution in [0.3, 0.4) is 0 Å². The number of thiophene rings is 1. The molecule has 0 bridgehead atoms. The van der Waals surface area contributed by atoms with Gasteiger partial charge in [-0.2, -0.15) is 4.31 Å². The Balaban J connectivity index is 1.63. The van der Waals surface area contributed by atoms with Gasteiger partial charge in [-0.1, -0.05) is 0 Å². The third kappa shape index (κ3) is 3.69. The Morgan fingerprint density at radius 3 is 2.38 bits per heavy atom. The fourth-order valence-electron chi connectivity index (χ4n) is 2.94. The van der Waals surface area contributed by atoms with Crippen LogP contribution in [0.1, 0.15) is 16.1 Å². The van der Waals surface area contributed by atoms with E-state index in [1.807, 2.05) is 0 Å². The zero-order valence-corrected chi connectivity index (χ0v) is 16.8. The molecule has 134 valence electrons. The average Bonchev–Trinajstić information content (AvgIpc) is 3.12. The SMILES string of the molecule is O=C(c1ccc(Br)s1)N1CCN(S(=O)(=O)C2CCS(=O)(=O)C2)CC1. The predicted octanol–water partition coefficient (Wildman–Crippen LogP) is 0.785. The van der Waals surface area contributed by atoms with Crippen molar-refractivity contribution in [3.8, 4) is 0 Å². The maximum Gasteiger partial charge on any atom is 0.264 e. The Hall–Kier alpha value is -0.490. The Kier molecular flexibility index (Phi) is 5.09. The number of hydrogen-bond acceptors (Lipinski definition) is 6. The molecule has 3 rings (SSSR count). The summed E-state index contributed by atoms with van der Waals surface area (Å²) in [5.41, 5.74) is 0. The van der Waals surface area contributed by atoms with Crippen LogP contribution >= 0.6 is 27.3 Å². The monoisotopic (exact) mass is 456 g/mol. The minimum atomic E-state index is -3.63. The lowest BCUT2D eigenvalue weighted by Crippen LogP contribution is -2.52. The van der Waals surface area contributed by atoms with Crippen LogP contribution < -0.4 is 0 Å². The van der Waals surface area contributed by atoms with Crippen LogP contribution in [0.25, 0.3) is 0 Å². The second-order valence-corrected chi connectivity index (χ2v) is 12.8. The van der Waals surface area contributed by atoms with Crippen molar-refractivity contribution in [2.24, 2.45) is 0 Å². The number of piperazine rings is 1. The molecule has 2 aliphatic heterocycles.